The van der Waals surface area contributed by atoms with Crippen molar-refractivity contribution in [3.05, 3.63) is 40.9 Å². The number of amides is 1. The first-order valence-corrected chi connectivity index (χ1v) is 8.90. The minimum Gasteiger partial charge on any atom is -0.351 e. The van der Waals surface area contributed by atoms with E-state index in [1.54, 1.807) is 24.0 Å². The molecule has 0 atom stereocenters. The normalized spacial score (nSPS) is 14.8. The van der Waals surface area contributed by atoms with Crippen LogP contribution in [0.1, 0.15) is 12.5 Å². The molecule has 2 aromatic heterocycles. The van der Waals surface area contributed by atoms with Gasteiger partial charge < -0.3 is 9.80 Å². The largest absolute Gasteiger partial charge is 0.351 e. The van der Waals surface area contributed by atoms with Crippen LogP contribution in [0.5, 0.6) is 0 Å². The Morgan fingerprint density at radius 2 is 2.00 bits per heavy atom. The van der Waals surface area contributed by atoms with E-state index in [0.29, 0.717) is 53.7 Å². The van der Waals surface area contributed by atoms with Crippen LogP contribution in [0.3, 0.4) is 0 Å². The van der Waals surface area contributed by atoms with Crippen LogP contribution in [-0.4, -0.2) is 61.9 Å². The number of hydrogen-bond acceptors (Lipinski definition) is 6. The molecule has 0 aliphatic carbocycles. The van der Waals surface area contributed by atoms with Gasteiger partial charge in [0, 0.05) is 43.7 Å². The molecule has 0 bridgehead atoms. The first-order chi connectivity index (χ1) is 13.0. The number of hydrogen-bond donors (Lipinski definition) is 0. The summed E-state index contributed by atoms with van der Waals surface area (Å²) in [6.45, 7) is 4.24. The van der Waals surface area contributed by atoms with Gasteiger partial charge >= 0.3 is 0 Å². The van der Waals surface area contributed by atoms with Gasteiger partial charge in [-0.1, -0.05) is 22.9 Å². The van der Waals surface area contributed by atoms with Crippen molar-refractivity contribution in [2.75, 3.05) is 31.1 Å². The van der Waals surface area contributed by atoms with Crippen molar-refractivity contribution in [2.24, 2.45) is 0 Å². The van der Waals surface area contributed by atoms with Crippen molar-refractivity contribution in [2.45, 2.75) is 13.5 Å². The number of carbonyl (C=O) groups excluding carboxylic acids is 1. The number of rotatable bonds is 3. The van der Waals surface area contributed by atoms with E-state index in [9.17, 15) is 9.18 Å². The van der Waals surface area contributed by atoms with E-state index in [0.717, 1.165) is 0 Å². The van der Waals surface area contributed by atoms with Crippen molar-refractivity contribution < 1.29 is 9.18 Å². The molecule has 0 unspecified atom stereocenters. The van der Waals surface area contributed by atoms with E-state index < -0.39 is 5.82 Å². The van der Waals surface area contributed by atoms with Gasteiger partial charge in [0.25, 0.3) is 0 Å². The van der Waals surface area contributed by atoms with E-state index in [1.165, 1.54) is 17.1 Å². The van der Waals surface area contributed by atoms with Crippen molar-refractivity contribution in [3.8, 4) is 0 Å². The van der Waals surface area contributed by atoms with Crippen LogP contribution in [-0.2, 0) is 11.3 Å². The summed E-state index contributed by atoms with van der Waals surface area (Å²) in [4.78, 5) is 24.0. The molecule has 3 aromatic rings. The van der Waals surface area contributed by atoms with Crippen molar-refractivity contribution in [1.29, 1.82) is 0 Å². The Balaban J connectivity index is 1.64. The second-order valence-corrected chi connectivity index (χ2v) is 6.72. The number of benzene rings is 1. The fourth-order valence-corrected chi connectivity index (χ4v) is 3.41. The van der Waals surface area contributed by atoms with E-state index in [-0.39, 0.29) is 12.5 Å². The van der Waals surface area contributed by atoms with Gasteiger partial charge in [0.1, 0.15) is 12.1 Å². The van der Waals surface area contributed by atoms with Crippen LogP contribution in [0, 0.1) is 5.82 Å². The second kappa shape index (κ2) is 7.07. The highest BCUT2D eigenvalue weighted by molar-refractivity contribution is 6.31. The lowest BCUT2D eigenvalue weighted by Crippen LogP contribution is -2.48. The van der Waals surface area contributed by atoms with Gasteiger partial charge in [0.2, 0.25) is 5.91 Å². The molecule has 1 aliphatic rings. The molecular formula is C17H17ClFN7O. The molecule has 10 heteroatoms. The summed E-state index contributed by atoms with van der Waals surface area (Å²) in [6.07, 6.45) is 1.44. The Kier molecular flexibility index (Phi) is 4.61. The summed E-state index contributed by atoms with van der Waals surface area (Å²) in [5, 5.41) is 8.65. The molecule has 4 rings (SSSR count). The summed E-state index contributed by atoms with van der Waals surface area (Å²) < 4.78 is 15.6. The zero-order valence-electron chi connectivity index (χ0n) is 14.6. The number of anilines is 1. The highest BCUT2D eigenvalue weighted by Crippen LogP contribution is 2.24. The molecule has 1 saturated heterocycles. The van der Waals surface area contributed by atoms with Gasteiger partial charge in [-0.2, -0.15) is 0 Å². The highest BCUT2D eigenvalue weighted by atomic mass is 35.5. The molecule has 0 saturated carbocycles. The second-order valence-electron chi connectivity index (χ2n) is 6.31. The Hall–Kier alpha value is -2.81. The van der Waals surface area contributed by atoms with Crippen molar-refractivity contribution in [1.82, 2.24) is 29.9 Å². The molecule has 140 valence electrons. The number of carbonyl (C=O) groups is 1. The summed E-state index contributed by atoms with van der Waals surface area (Å²) in [6, 6.07) is 4.55. The predicted octanol–water partition coefficient (Wildman–Crippen LogP) is 1.73. The predicted molar refractivity (Wildman–Crippen MR) is 98.1 cm³/mol. The zero-order valence-corrected chi connectivity index (χ0v) is 15.4. The molecule has 3 heterocycles. The smallest absolute Gasteiger partial charge is 0.219 e. The minimum absolute atomic E-state index is 0.0650. The van der Waals surface area contributed by atoms with Crippen LogP contribution in [0.2, 0.25) is 5.02 Å². The third-order valence-electron chi connectivity index (χ3n) is 4.67. The highest BCUT2D eigenvalue weighted by Gasteiger charge is 2.23. The monoisotopic (exact) mass is 389 g/mol. The SMILES string of the molecule is CC(=O)N1CCN(c2ncnc3c2nnn3Cc2c(F)cccc2Cl)CC1. The maximum absolute atomic E-state index is 14.1. The molecule has 1 aromatic carbocycles. The summed E-state index contributed by atoms with van der Waals surface area (Å²) in [7, 11) is 0. The molecule has 1 fully saturated rings. The standard InChI is InChI=1S/C17H17ClFN7O/c1-11(27)24-5-7-25(8-6-24)16-15-17(21-10-20-16)26(23-22-15)9-12-13(18)3-2-4-14(12)19/h2-4,10H,5-9H2,1H3. The number of fused-ring (bicyclic) bond motifs is 1. The Labute approximate surface area is 159 Å². The molecule has 1 aliphatic heterocycles. The molecular weight excluding hydrogens is 373 g/mol. The van der Waals surface area contributed by atoms with E-state index in [4.69, 9.17) is 11.6 Å². The molecule has 27 heavy (non-hydrogen) atoms. The lowest BCUT2D eigenvalue weighted by Gasteiger charge is -2.34. The van der Waals surface area contributed by atoms with Crippen LogP contribution in [0.4, 0.5) is 10.2 Å². The summed E-state index contributed by atoms with van der Waals surface area (Å²) in [5.41, 5.74) is 1.38. The zero-order chi connectivity index (χ0) is 19.0. The number of aromatic nitrogens is 5. The van der Waals surface area contributed by atoms with Crippen molar-refractivity contribution >= 4 is 34.5 Å². The van der Waals surface area contributed by atoms with Crippen molar-refractivity contribution in [3.63, 3.8) is 0 Å². The van der Waals surface area contributed by atoms with Gasteiger partial charge in [0.15, 0.2) is 17.0 Å². The van der Waals surface area contributed by atoms with Gasteiger partial charge in [-0.15, -0.1) is 5.10 Å². The van der Waals surface area contributed by atoms with Gasteiger partial charge in [-0.05, 0) is 12.1 Å². The van der Waals surface area contributed by atoms with E-state index in [1.807, 2.05) is 0 Å². The lowest BCUT2D eigenvalue weighted by molar-refractivity contribution is -0.129. The number of piperazine rings is 1. The molecule has 0 radical (unpaired) electrons. The van der Waals surface area contributed by atoms with Crippen LogP contribution < -0.4 is 4.90 Å². The first-order valence-electron chi connectivity index (χ1n) is 8.52. The van der Waals surface area contributed by atoms with Gasteiger partial charge in [-0.25, -0.2) is 19.0 Å². The van der Waals surface area contributed by atoms with Crippen LogP contribution >= 0.6 is 11.6 Å². The summed E-state index contributed by atoms with van der Waals surface area (Å²) >= 11 is 6.12. The fraction of sp³-hybridized carbons (Fsp3) is 0.353. The van der Waals surface area contributed by atoms with Gasteiger partial charge in [0.05, 0.1) is 6.54 Å². The molecule has 0 N–H and O–H groups in total. The maximum Gasteiger partial charge on any atom is 0.219 e. The Morgan fingerprint density at radius 1 is 1.22 bits per heavy atom. The molecule has 1 amide bonds. The molecule has 8 nitrogen and oxygen atoms in total. The Bertz CT molecular complexity index is 980. The lowest BCUT2D eigenvalue weighted by atomic mass is 10.2. The average Bonchev–Trinajstić information content (AvgIpc) is 3.08. The van der Waals surface area contributed by atoms with Crippen LogP contribution in [0.25, 0.3) is 11.2 Å². The maximum atomic E-state index is 14.1. The molecule has 0 spiro atoms. The minimum atomic E-state index is -0.402. The number of halogens is 2. The van der Waals surface area contributed by atoms with Crippen LogP contribution in [0.15, 0.2) is 24.5 Å². The number of nitrogens with zero attached hydrogens (tertiary/aromatic N) is 7. The fourth-order valence-electron chi connectivity index (χ4n) is 3.18. The third kappa shape index (κ3) is 3.30. The Morgan fingerprint density at radius 3 is 2.70 bits per heavy atom. The van der Waals surface area contributed by atoms with Gasteiger partial charge in [-0.3, -0.25) is 4.79 Å². The summed E-state index contributed by atoms with van der Waals surface area (Å²) in [5.74, 6) is 0.324. The topological polar surface area (TPSA) is 80.0 Å². The average molecular weight is 390 g/mol. The quantitative estimate of drug-likeness (QED) is 0.678. The van der Waals surface area contributed by atoms with E-state index >= 15 is 0 Å². The van der Waals surface area contributed by atoms with E-state index in [2.05, 4.69) is 25.2 Å². The first kappa shape index (κ1) is 17.6. The third-order valence-corrected chi connectivity index (χ3v) is 5.03.